The van der Waals surface area contributed by atoms with E-state index in [1.165, 1.54) is 44.8 Å². The predicted molar refractivity (Wildman–Crippen MR) is 87.2 cm³/mol. The van der Waals surface area contributed by atoms with Crippen molar-refractivity contribution < 1.29 is 8.42 Å². The molecule has 1 N–H and O–H groups in total. The molecule has 1 unspecified atom stereocenters. The number of nitrogens with one attached hydrogen (secondary N) is 1. The van der Waals surface area contributed by atoms with Crippen LogP contribution in [0.1, 0.15) is 57.1 Å². The van der Waals surface area contributed by atoms with Crippen LogP contribution in [0.4, 0.5) is 0 Å². The maximum atomic E-state index is 11.4. The summed E-state index contributed by atoms with van der Waals surface area (Å²) < 4.78 is 22.9. The Labute approximate surface area is 129 Å². The van der Waals surface area contributed by atoms with E-state index in [1.807, 2.05) is 12.1 Å². The van der Waals surface area contributed by atoms with Crippen LogP contribution in [-0.2, 0) is 9.84 Å². The fourth-order valence-corrected chi connectivity index (χ4v) is 3.76. The third-order valence-corrected chi connectivity index (χ3v) is 5.65. The van der Waals surface area contributed by atoms with Crippen molar-refractivity contribution in [3.63, 3.8) is 0 Å². The van der Waals surface area contributed by atoms with E-state index in [9.17, 15) is 8.42 Å². The molecule has 118 valence electrons. The number of sulfone groups is 1. The van der Waals surface area contributed by atoms with Gasteiger partial charge in [0.15, 0.2) is 9.84 Å². The summed E-state index contributed by atoms with van der Waals surface area (Å²) in [6.45, 7) is 3.16. The van der Waals surface area contributed by atoms with Gasteiger partial charge in [0.1, 0.15) is 0 Å². The second-order valence-corrected chi connectivity index (χ2v) is 8.33. The van der Waals surface area contributed by atoms with Gasteiger partial charge in [0.05, 0.1) is 4.90 Å². The zero-order chi connectivity index (χ0) is 15.3. The molecule has 1 aromatic rings. The monoisotopic (exact) mass is 309 g/mol. The topological polar surface area (TPSA) is 46.2 Å². The minimum atomic E-state index is -3.10. The Hall–Kier alpha value is -0.870. The maximum absolute atomic E-state index is 11.4. The summed E-state index contributed by atoms with van der Waals surface area (Å²) in [5.41, 5.74) is 1.14. The summed E-state index contributed by atoms with van der Waals surface area (Å²) in [7, 11) is -3.10. The van der Waals surface area contributed by atoms with Gasteiger partial charge in [0, 0.05) is 12.3 Å². The summed E-state index contributed by atoms with van der Waals surface area (Å²) in [6.07, 6.45) is 9.49. The quantitative estimate of drug-likeness (QED) is 0.781. The minimum absolute atomic E-state index is 0.266. The van der Waals surface area contributed by atoms with Gasteiger partial charge in [-0.3, -0.25) is 0 Å². The molecule has 0 aliphatic heterocycles. The smallest absolute Gasteiger partial charge is 0.175 e. The number of benzene rings is 1. The van der Waals surface area contributed by atoms with Crippen LogP contribution in [0, 0.1) is 5.92 Å². The molecule has 21 heavy (non-hydrogen) atoms. The Morgan fingerprint density at radius 2 is 1.81 bits per heavy atom. The lowest BCUT2D eigenvalue weighted by Crippen LogP contribution is -2.20. The van der Waals surface area contributed by atoms with Gasteiger partial charge in [-0.1, -0.05) is 37.8 Å². The highest BCUT2D eigenvalue weighted by atomic mass is 32.2. The molecule has 0 heterocycles. The molecule has 0 radical (unpaired) electrons. The van der Waals surface area contributed by atoms with Crippen LogP contribution in [0.2, 0.25) is 0 Å². The first-order chi connectivity index (χ1) is 9.97. The molecule has 0 aromatic heterocycles. The molecule has 1 fully saturated rings. The largest absolute Gasteiger partial charge is 0.310 e. The van der Waals surface area contributed by atoms with E-state index in [0.717, 1.165) is 18.0 Å². The molecular formula is C17H27NO2S. The van der Waals surface area contributed by atoms with Crippen molar-refractivity contribution in [2.75, 3.05) is 12.8 Å². The van der Waals surface area contributed by atoms with Crippen molar-refractivity contribution >= 4 is 9.84 Å². The number of rotatable bonds is 7. The van der Waals surface area contributed by atoms with Gasteiger partial charge >= 0.3 is 0 Å². The first-order valence-corrected chi connectivity index (χ1v) is 9.89. The lowest BCUT2D eigenvalue weighted by molar-refractivity contribution is 0.456. The third-order valence-electron chi connectivity index (χ3n) is 4.52. The number of hydrogen-bond acceptors (Lipinski definition) is 3. The van der Waals surface area contributed by atoms with Crippen LogP contribution in [0.3, 0.4) is 0 Å². The molecule has 1 atom stereocenters. The van der Waals surface area contributed by atoms with Gasteiger partial charge in [-0.2, -0.15) is 0 Å². The minimum Gasteiger partial charge on any atom is -0.310 e. The van der Waals surface area contributed by atoms with E-state index in [0.29, 0.717) is 4.90 Å². The highest BCUT2D eigenvalue weighted by molar-refractivity contribution is 7.90. The van der Waals surface area contributed by atoms with E-state index >= 15 is 0 Å². The fourth-order valence-electron chi connectivity index (χ4n) is 3.13. The lowest BCUT2D eigenvalue weighted by Gasteiger charge is -2.15. The Balaban J connectivity index is 1.76. The van der Waals surface area contributed by atoms with Gasteiger partial charge in [0.2, 0.25) is 0 Å². The summed E-state index contributed by atoms with van der Waals surface area (Å²) in [5.74, 6) is 0.955. The highest BCUT2D eigenvalue weighted by Crippen LogP contribution is 2.28. The molecule has 0 spiro atoms. The number of hydrogen-bond donors (Lipinski definition) is 1. The molecular weight excluding hydrogens is 282 g/mol. The van der Waals surface area contributed by atoms with Gasteiger partial charge in [-0.15, -0.1) is 0 Å². The summed E-state index contributed by atoms with van der Waals surface area (Å²) in [4.78, 5) is 0.389. The third kappa shape index (κ3) is 5.11. The van der Waals surface area contributed by atoms with Crippen LogP contribution in [0.25, 0.3) is 0 Å². The van der Waals surface area contributed by atoms with Crippen LogP contribution < -0.4 is 5.32 Å². The molecule has 3 nitrogen and oxygen atoms in total. The van der Waals surface area contributed by atoms with Crippen LogP contribution in [0.15, 0.2) is 29.2 Å². The Bertz CT molecular complexity index is 530. The van der Waals surface area contributed by atoms with Crippen molar-refractivity contribution in [2.45, 2.75) is 56.4 Å². The molecule has 0 amide bonds. The molecule has 1 aliphatic carbocycles. The Morgan fingerprint density at radius 1 is 1.19 bits per heavy atom. The van der Waals surface area contributed by atoms with Crippen LogP contribution in [-0.4, -0.2) is 21.2 Å². The molecule has 2 rings (SSSR count). The van der Waals surface area contributed by atoms with E-state index < -0.39 is 9.84 Å². The van der Waals surface area contributed by atoms with Gasteiger partial charge in [-0.25, -0.2) is 8.42 Å². The first kappa shape index (κ1) is 16.5. The zero-order valence-electron chi connectivity index (χ0n) is 13.1. The lowest BCUT2D eigenvalue weighted by atomic mass is 10.0. The Kier molecular flexibility index (Phi) is 5.82. The van der Waals surface area contributed by atoms with E-state index in [-0.39, 0.29) is 6.04 Å². The van der Waals surface area contributed by atoms with Crippen LogP contribution >= 0.6 is 0 Å². The van der Waals surface area contributed by atoms with E-state index in [2.05, 4.69) is 12.2 Å². The molecule has 1 saturated carbocycles. The predicted octanol–water partition coefficient (Wildman–Crippen LogP) is 3.71. The molecule has 4 heteroatoms. The average Bonchev–Trinajstić information content (AvgIpc) is 2.96. The van der Waals surface area contributed by atoms with Crippen molar-refractivity contribution in [2.24, 2.45) is 5.92 Å². The molecule has 1 aromatic carbocycles. The fraction of sp³-hybridized carbons (Fsp3) is 0.647. The summed E-state index contributed by atoms with van der Waals surface area (Å²) >= 11 is 0. The van der Waals surface area contributed by atoms with Gasteiger partial charge in [0.25, 0.3) is 0 Å². The van der Waals surface area contributed by atoms with Crippen molar-refractivity contribution in [1.29, 1.82) is 0 Å². The standard InChI is InChI=1S/C17H27NO2S/c1-14(18-13-5-8-15-6-3-4-7-15)16-9-11-17(12-10-16)21(2,19)20/h9-12,14-15,18H,3-8,13H2,1-2H3. The van der Waals surface area contributed by atoms with Crippen LogP contribution in [0.5, 0.6) is 0 Å². The second kappa shape index (κ2) is 7.41. The van der Waals surface area contributed by atoms with Gasteiger partial charge < -0.3 is 5.32 Å². The van der Waals surface area contributed by atoms with Crippen molar-refractivity contribution in [3.8, 4) is 0 Å². The van der Waals surface area contributed by atoms with Crippen molar-refractivity contribution in [1.82, 2.24) is 5.32 Å². The molecule has 1 aliphatic rings. The van der Waals surface area contributed by atoms with Crippen molar-refractivity contribution in [3.05, 3.63) is 29.8 Å². The normalized spacial score (nSPS) is 18.0. The van der Waals surface area contributed by atoms with E-state index in [4.69, 9.17) is 0 Å². The average molecular weight is 309 g/mol. The maximum Gasteiger partial charge on any atom is 0.175 e. The van der Waals surface area contributed by atoms with E-state index in [1.54, 1.807) is 12.1 Å². The second-order valence-electron chi connectivity index (χ2n) is 6.31. The summed E-state index contributed by atoms with van der Waals surface area (Å²) in [5, 5.41) is 3.53. The molecule has 0 bridgehead atoms. The zero-order valence-corrected chi connectivity index (χ0v) is 14.0. The summed E-state index contributed by atoms with van der Waals surface area (Å²) in [6, 6.07) is 7.47. The Morgan fingerprint density at radius 3 is 2.38 bits per heavy atom. The SMILES string of the molecule is CC(NCCCC1CCCC1)c1ccc(S(C)(=O)=O)cc1. The van der Waals surface area contributed by atoms with Gasteiger partial charge in [-0.05, 0) is 49.9 Å². The first-order valence-electron chi connectivity index (χ1n) is 8.00. The molecule has 0 saturated heterocycles. The highest BCUT2D eigenvalue weighted by Gasteiger charge is 2.14.